The Kier molecular flexibility index (Phi) is 4.08. The van der Waals surface area contributed by atoms with Crippen LogP contribution in [0.25, 0.3) is 10.9 Å². The van der Waals surface area contributed by atoms with Crippen LogP contribution in [0.5, 0.6) is 0 Å². The van der Waals surface area contributed by atoms with Crippen molar-refractivity contribution < 1.29 is 0 Å². The standard InChI is InChI=1S/C19H28N2/c1-13-7-6-8-15(11-13)17(12-20)19-14(2)21(3)18-10-5-4-9-16(18)19/h4-5,9-10,13,15,17H,6-8,11-12,20H2,1-3H3. The van der Waals surface area contributed by atoms with Crippen molar-refractivity contribution in [3.8, 4) is 0 Å². The smallest absolute Gasteiger partial charge is 0.0482 e. The summed E-state index contributed by atoms with van der Waals surface area (Å²) in [6, 6.07) is 8.78. The van der Waals surface area contributed by atoms with Crippen LogP contribution >= 0.6 is 0 Å². The molecule has 1 aliphatic carbocycles. The lowest BCUT2D eigenvalue weighted by Crippen LogP contribution is -2.26. The highest BCUT2D eigenvalue weighted by Crippen LogP contribution is 2.41. The van der Waals surface area contributed by atoms with E-state index >= 15 is 0 Å². The van der Waals surface area contributed by atoms with Gasteiger partial charge in [0.2, 0.25) is 0 Å². The third-order valence-electron chi connectivity index (χ3n) is 5.62. The SMILES string of the molecule is Cc1c(C(CN)C2CCCC(C)C2)c2ccccc2n1C. The highest BCUT2D eigenvalue weighted by Gasteiger charge is 2.30. The number of fused-ring (bicyclic) bond motifs is 1. The molecule has 0 spiro atoms. The van der Waals surface area contributed by atoms with E-state index in [1.807, 2.05) is 0 Å². The molecule has 2 N–H and O–H groups in total. The van der Waals surface area contributed by atoms with Gasteiger partial charge in [-0.05, 0) is 49.8 Å². The Morgan fingerprint density at radius 2 is 2.05 bits per heavy atom. The first-order valence-corrected chi connectivity index (χ1v) is 8.37. The number of rotatable bonds is 3. The van der Waals surface area contributed by atoms with Gasteiger partial charge in [-0.1, -0.05) is 38.0 Å². The minimum atomic E-state index is 0.513. The fourth-order valence-electron chi connectivity index (χ4n) is 4.41. The van der Waals surface area contributed by atoms with Gasteiger partial charge in [0.15, 0.2) is 0 Å². The van der Waals surface area contributed by atoms with E-state index in [-0.39, 0.29) is 0 Å². The van der Waals surface area contributed by atoms with Crippen molar-refractivity contribution in [3.05, 3.63) is 35.5 Å². The van der Waals surface area contributed by atoms with Crippen LogP contribution in [0.3, 0.4) is 0 Å². The van der Waals surface area contributed by atoms with E-state index in [0.717, 1.165) is 18.4 Å². The van der Waals surface area contributed by atoms with Gasteiger partial charge in [-0.25, -0.2) is 0 Å². The minimum absolute atomic E-state index is 0.513. The second-order valence-corrected chi connectivity index (χ2v) is 6.95. The summed E-state index contributed by atoms with van der Waals surface area (Å²) in [5.41, 5.74) is 10.5. The van der Waals surface area contributed by atoms with E-state index in [0.29, 0.717) is 5.92 Å². The fourth-order valence-corrected chi connectivity index (χ4v) is 4.41. The van der Waals surface area contributed by atoms with Gasteiger partial charge in [-0.15, -0.1) is 0 Å². The van der Waals surface area contributed by atoms with Gasteiger partial charge in [0.1, 0.15) is 0 Å². The normalized spacial score (nSPS) is 24.4. The first-order valence-electron chi connectivity index (χ1n) is 8.37. The van der Waals surface area contributed by atoms with Crippen LogP contribution in [0.4, 0.5) is 0 Å². The summed E-state index contributed by atoms with van der Waals surface area (Å²) in [6.07, 6.45) is 5.44. The number of aryl methyl sites for hydroxylation is 1. The molecule has 2 nitrogen and oxygen atoms in total. The van der Waals surface area contributed by atoms with Gasteiger partial charge < -0.3 is 10.3 Å². The third-order valence-corrected chi connectivity index (χ3v) is 5.62. The van der Waals surface area contributed by atoms with Crippen LogP contribution in [-0.4, -0.2) is 11.1 Å². The molecular formula is C19H28N2. The Labute approximate surface area is 128 Å². The summed E-state index contributed by atoms with van der Waals surface area (Å²) in [6.45, 7) is 5.42. The number of nitrogens with zero attached hydrogens (tertiary/aromatic N) is 1. The van der Waals surface area contributed by atoms with Crippen molar-refractivity contribution in [2.24, 2.45) is 24.6 Å². The van der Waals surface area contributed by atoms with Gasteiger partial charge >= 0.3 is 0 Å². The van der Waals surface area contributed by atoms with Crippen molar-refractivity contribution in [2.75, 3.05) is 6.54 Å². The van der Waals surface area contributed by atoms with Crippen molar-refractivity contribution in [2.45, 2.75) is 45.4 Å². The molecule has 1 fully saturated rings. The van der Waals surface area contributed by atoms with Crippen LogP contribution in [-0.2, 0) is 7.05 Å². The molecule has 1 heterocycles. The first kappa shape index (κ1) is 14.6. The van der Waals surface area contributed by atoms with Crippen molar-refractivity contribution in [1.29, 1.82) is 0 Å². The lowest BCUT2D eigenvalue weighted by atomic mass is 9.73. The average Bonchev–Trinajstić information content (AvgIpc) is 2.74. The number of benzene rings is 1. The van der Waals surface area contributed by atoms with Gasteiger partial charge in [-0.2, -0.15) is 0 Å². The molecule has 2 aromatic rings. The predicted molar refractivity (Wildman–Crippen MR) is 90.6 cm³/mol. The highest BCUT2D eigenvalue weighted by atomic mass is 14.9. The molecule has 3 rings (SSSR count). The van der Waals surface area contributed by atoms with E-state index in [4.69, 9.17) is 5.73 Å². The Bertz CT molecular complexity index is 626. The Morgan fingerprint density at radius 1 is 1.29 bits per heavy atom. The molecule has 0 amide bonds. The first-order chi connectivity index (χ1) is 10.1. The Hall–Kier alpha value is -1.28. The van der Waals surface area contributed by atoms with E-state index in [1.54, 1.807) is 0 Å². The number of nitrogens with two attached hydrogens (primary N) is 1. The van der Waals surface area contributed by atoms with Crippen molar-refractivity contribution in [1.82, 2.24) is 4.57 Å². The molecule has 3 atom stereocenters. The molecular weight excluding hydrogens is 256 g/mol. The molecule has 0 bridgehead atoms. The zero-order chi connectivity index (χ0) is 15.0. The zero-order valence-corrected chi connectivity index (χ0v) is 13.6. The van der Waals surface area contributed by atoms with Crippen molar-refractivity contribution >= 4 is 10.9 Å². The topological polar surface area (TPSA) is 30.9 Å². The quantitative estimate of drug-likeness (QED) is 0.892. The molecule has 114 valence electrons. The minimum Gasteiger partial charge on any atom is -0.348 e. The van der Waals surface area contributed by atoms with Crippen molar-refractivity contribution in [3.63, 3.8) is 0 Å². The second kappa shape index (κ2) is 5.84. The number of hydrogen-bond donors (Lipinski definition) is 1. The number of para-hydroxylation sites is 1. The van der Waals surface area contributed by atoms with E-state index in [2.05, 4.69) is 49.7 Å². The Balaban J connectivity index is 2.06. The Morgan fingerprint density at radius 3 is 2.76 bits per heavy atom. The zero-order valence-electron chi connectivity index (χ0n) is 13.6. The molecule has 0 saturated heterocycles. The largest absolute Gasteiger partial charge is 0.348 e. The van der Waals surface area contributed by atoms with Crippen LogP contribution in [0.1, 0.15) is 49.8 Å². The molecule has 0 radical (unpaired) electrons. The maximum atomic E-state index is 6.24. The number of hydrogen-bond acceptors (Lipinski definition) is 1. The van der Waals surface area contributed by atoms with Gasteiger partial charge in [0.05, 0.1) is 0 Å². The van der Waals surface area contributed by atoms with Gasteiger partial charge in [-0.3, -0.25) is 0 Å². The van der Waals surface area contributed by atoms with Crippen LogP contribution in [0, 0.1) is 18.8 Å². The van der Waals surface area contributed by atoms with Gasteiger partial charge in [0, 0.05) is 29.6 Å². The predicted octanol–water partition coefficient (Wildman–Crippen LogP) is 4.36. The summed E-state index contributed by atoms with van der Waals surface area (Å²) in [7, 11) is 2.18. The average molecular weight is 284 g/mol. The molecule has 2 heteroatoms. The monoisotopic (exact) mass is 284 g/mol. The maximum Gasteiger partial charge on any atom is 0.0482 e. The molecule has 21 heavy (non-hydrogen) atoms. The lowest BCUT2D eigenvalue weighted by Gasteiger charge is -2.33. The molecule has 0 aliphatic heterocycles. The highest BCUT2D eigenvalue weighted by molar-refractivity contribution is 5.86. The third kappa shape index (κ3) is 2.50. The molecule has 1 aromatic heterocycles. The second-order valence-electron chi connectivity index (χ2n) is 6.95. The van der Waals surface area contributed by atoms with Crippen LogP contribution < -0.4 is 5.73 Å². The molecule has 1 saturated carbocycles. The van der Waals surface area contributed by atoms with E-state index < -0.39 is 0 Å². The summed E-state index contributed by atoms with van der Waals surface area (Å²) in [5, 5.41) is 1.41. The van der Waals surface area contributed by atoms with Crippen LogP contribution in [0.15, 0.2) is 24.3 Å². The molecule has 3 unspecified atom stereocenters. The molecule has 1 aliphatic rings. The summed E-state index contributed by atoms with van der Waals surface area (Å²) in [4.78, 5) is 0. The fraction of sp³-hybridized carbons (Fsp3) is 0.579. The summed E-state index contributed by atoms with van der Waals surface area (Å²) >= 11 is 0. The number of aromatic nitrogens is 1. The van der Waals surface area contributed by atoms with Gasteiger partial charge in [0.25, 0.3) is 0 Å². The lowest BCUT2D eigenvalue weighted by molar-refractivity contribution is 0.248. The van der Waals surface area contributed by atoms with Crippen LogP contribution in [0.2, 0.25) is 0 Å². The van der Waals surface area contributed by atoms with E-state index in [1.165, 1.54) is 47.8 Å². The van der Waals surface area contributed by atoms with E-state index in [9.17, 15) is 0 Å². The summed E-state index contributed by atoms with van der Waals surface area (Å²) in [5.74, 6) is 2.12. The molecule has 1 aromatic carbocycles. The maximum absolute atomic E-state index is 6.24. The summed E-state index contributed by atoms with van der Waals surface area (Å²) < 4.78 is 2.33.